The van der Waals surface area contributed by atoms with E-state index < -0.39 is 10.2 Å². The van der Waals surface area contributed by atoms with Gasteiger partial charge < -0.3 is 0 Å². The maximum absolute atomic E-state index is 11.6. The van der Waals surface area contributed by atoms with Crippen LogP contribution in [0, 0.1) is 0 Å². The lowest BCUT2D eigenvalue weighted by Crippen LogP contribution is -2.40. The quantitative estimate of drug-likeness (QED) is 0.866. The maximum Gasteiger partial charge on any atom is 0.279 e. The Balaban J connectivity index is 2.47. The second-order valence-corrected chi connectivity index (χ2v) is 7.30. The number of hydrogen-bond acceptors (Lipinski definition) is 2. The topological polar surface area (TPSA) is 49.4 Å². The lowest BCUT2D eigenvalue weighted by atomic mass is 10.1. The van der Waals surface area contributed by atoms with Crippen molar-refractivity contribution < 1.29 is 8.42 Å². The molecule has 0 aromatic heterocycles. The molecule has 0 aliphatic heterocycles. The molecular formula is C12H19BrN2O2S. The highest BCUT2D eigenvalue weighted by molar-refractivity contribution is 9.10. The zero-order valence-corrected chi connectivity index (χ0v) is 13.3. The van der Waals surface area contributed by atoms with E-state index in [-0.39, 0.29) is 6.04 Å². The highest BCUT2D eigenvalue weighted by atomic mass is 79.9. The number of halogens is 1. The lowest BCUT2D eigenvalue weighted by molar-refractivity contribution is 0.485. The second kappa shape index (κ2) is 6.65. The molecule has 0 aliphatic carbocycles. The molecular weight excluding hydrogens is 316 g/mol. The zero-order chi connectivity index (χ0) is 13.8. The average molecular weight is 335 g/mol. The smallest absolute Gasteiger partial charge is 0.199 e. The fourth-order valence-corrected chi connectivity index (χ4v) is 2.55. The fraction of sp³-hybridized carbons (Fsp3) is 0.500. The largest absolute Gasteiger partial charge is 0.279 e. The summed E-state index contributed by atoms with van der Waals surface area (Å²) in [5.74, 6) is 0. The van der Waals surface area contributed by atoms with E-state index in [0.717, 1.165) is 17.3 Å². The van der Waals surface area contributed by atoms with Crippen molar-refractivity contribution in [2.75, 3.05) is 14.1 Å². The summed E-state index contributed by atoms with van der Waals surface area (Å²) in [6, 6.07) is 7.98. The number of benzene rings is 1. The van der Waals surface area contributed by atoms with Gasteiger partial charge in [0.2, 0.25) is 0 Å². The first kappa shape index (κ1) is 15.6. The highest BCUT2D eigenvalue weighted by Crippen LogP contribution is 2.12. The van der Waals surface area contributed by atoms with E-state index in [2.05, 4.69) is 20.7 Å². The van der Waals surface area contributed by atoms with Gasteiger partial charge in [-0.15, -0.1) is 0 Å². The Morgan fingerprint density at radius 1 is 1.28 bits per heavy atom. The molecule has 1 atom stereocenters. The summed E-state index contributed by atoms with van der Waals surface area (Å²) < 4.78 is 28.1. The highest BCUT2D eigenvalue weighted by Gasteiger charge is 2.16. The van der Waals surface area contributed by atoms with Gasteiger partial charge in [0.1, 0.15) is 0 Å². The minimum Gasteiger partial charge on any atom is -0.199 e. The Labute approximate surface area is 118 Å². The van der Waals surface area contributed by atoms with Crippen molar-refractivity contribution >= 4 is 26.1 Å². The van der Waals surface area contributed by atoms with Crippen LogP contribution in [-0.4, -0.2) is 32.9 Å². The Bertz CT molecular complexity index is 471. The first-order chi connectivity index (χ1) is 8.31. The van der Waals surface area contributed by atoms with Crippen LogP contribution in [0.15, 0.2) is 28.7 Å². The molecule has 0 bridgehead atoms. The summed E-state index contributed by atoms with van der Waals surface area (Å²) in [6.45, 7) is 1.87. The summed E-state index contributed by atoms with van der Waals surface area (Å²) >= 11 is 3.38. The van der Waals surface area contributed by atoms with Gasteiger partial charge in [-0.3, -0.25) is 0 Å². The maximum atomic E-state index is 11.6. The molecule has 0 saturated carbocycles. The Hall–Kier alpha value is -0.430. The van der Waals surface area contributed by atoms with Crippen LogP contribution in [0.3, 0.4) is 0 Å². The number of nitrogens with one attached hydrogen (secondary N) is 1. The van der Waals surface area contributed by atoms with Crippen molar-refractivity contribution in [1.82, 2.24) is 9.03 Å². The normalized spacial score (nSPS) is 13.8. The van der Waals surface area contributed by atoms with Gasteiger partial charge in [0.15, 0.2) is 0 Å². The first-order valence-electron chi connectivity index (χ1n) is 5.75. The van der Waals surface area contributed by atoms with E-state index in [1.54, 1.807) is 0 Å². The molecule has 0 spiro atoms. The number of hydrogen-bond donors (Lipinski definition) is 1. The third kappa shape index (κ3) is 5.06. The molecule has 1 unspecified atom stereocenters. The monoisotopic (exact) mass is 334 g/mol. The van der Waals surface area contributed by atoms with Gasteiger partial charge in [0, 0.05) is 24.6 Å². The van der Waals surface area contributed by atoms with Gasteiger partial charge in [-0.1, -0.05) is 28.1 Å². The van der Waals surface area contributed by atoms with Gasteiger partial charge in [-0.2, -0.15) is 17.4 Å². The van der Waals surface area contributed by atoms with Crippen LogP contribution in [0.2, 0.25) is 0 Å². The van der Waals surface area contributed by atoms with Gasteiger partial charge in [0.05, 0.1) is 0 Å². The SMILES string of the molecule is CC(CCc1ccc(Br)cc1)NS(=O)(=O)N(C)C. The van der Waals surface area contributed by atoms with Crippen LogP contribution in [0.5, 0.6) is 0 Å². The average Bonchev–Trinajstić information content (AvgIpc) is 2.27. The lowest BCUT2D eigenvalue weighted by Gasteiger charge is -2.17. The van der Waals surface area contributed by atoms with Gasteiger partial charge in [0.25, 0.3) is 10.2 Å². The van der Waals surface area contributed by atoms with Crippen LogP contribution in [-0.2, 0) is 16.6 Å². The van der Waals surface area contributed by atoms with Gasteiger partial charge in [-0.05, 0) is 37.5 Å². The predicted octanol–water partition coefficient (Wildman–Crippen LogP) is 2.17. The van der Waals surface area contributed by atoms with Gasteiger partial charge in [-0.25, -0.2) is 0 Å². The predicted molar refractivity (Wildman–Crippen MR) is 77.7 cm³/mol. The van der Waals surface area contributed by atoms with Crippen LogP contribution in [0.1, 0.15) is 18.9 Å². The molecule has 0 radical (unpaired) electrons. The van der Waals surface area contributed by atoms with Crippen molar-refractivity contribution in [3.63, 3.8) is 0 Å². The molecule has 0 fully saturated rings. The van der Waals surface area contributed by atoms with E-state index in [0.29, 0.717) is 0 Å². The van der Waals surface area contributed by atoms with Crippen LogP contribution >= 0.6 is 15.9 Å². The molecule has 18 heavy (non-hydrogen) atoms. The number of nitrogens with zero attached hydrogens (tertiary/aromatic N) is 1. The Morgan fingerprint density at radius 2 is 1.83 bits per heavy atom. The molecule has 1 aromatic rings. The fourth-order valence-electron chi connectivity index (χ4n) is 1.45. The second-order valence-electron chi connectivity index (χ2n) is 4.47. The van der Waals surface area contributed by atoms with Crippen LogP contribution < -0.4 is 4.72 Å². The van der Waals surface area contributed by atoms with E-state index in [9.17, 15) is 8.42 Å². The molecule has 0 aliphatic rings. The zero-order valence-electron chi connectivity index (χ0n) is 10.9. The van der Waals surface area contributed by atoms with Crippen molar-refractivity contribution in [3.8, 4) is 0 Å². The van der Waals surface area contributed by atoms with Crippen molar-refractivity contribution in [1.29, 1.82) is 0 Å². The van der Waals surface area contributed by atoms with Crippen molar-refractivity contribution in [2.45, 2.75) is 25.8 Å². The minimum atomic E-state index is -3.33. The number of aryl methyl sites for hydroxylation is 1. The first-order valence-corrected chi connectivity index (χ1v) is 7.99. The van der Waals surface area contributed by atoms with E-state index in [1.165, 1.54) is 24.0 Å². The molecule has 1 N–H and O–H groups in total. The minimum absolute atomic E-state index is 0.0824. The molecule has 1 aromatic carbocycles. The van der Waals surface area contributed by atoms with E-state index >= 15 is 0 Å². The Kier molecular flexibility index (Phi) is 5.78. The number of rotatable bonds is 6. The molecule has 1 rings (SSSR count). The molecule has 6 heteroatoms. The summed E-state index contributed by atoms with van der Waals surface area (Å²) in [5.41, 5.74) is 1.20. The molecule has 0 saturated heterocycles. The van der Waals surface area contributed by atoms with E-state index in [4.69, 9.17) is 0 Å². The standard InChI is InChI=1S/C12H19BrN2O2S/c1-10(14-18(16,17)15(2)3)4-5-11-6-8-12(13)9-7-11/h6-10,14H,4-5H2,1-3H3. The van der Waals surface area contributed by atoms with Crippen LogP contribution in [0.25, 0.3) is 0 Å². The molecule has 0 amide bonds. The van der Waals surface area contributed by atoms with Crippen molar-refractivity contribution in [2.24, 2.45) is 0 Å². The molecule has 0 heterocycles. The van der Waals surface area contributed by atoms with Crippen LogP contribution in [0.4, 0.5) is 0 Å². The van der Waals surface area contributed by atoms with Crippen molar-refractivity contribution in [3.05, 3.63) is 34.3 Å². The van der Waals surface area contributed by atoms with E-state index in [1.807, 2.05) is 31.2 Å². The summed E-state index contributed by atoms with van der Waals surface area (Å²) in [5, 5.41) is 0. The third-order valence-corrected chi connectivity index (χ3v) is 4.80. The summed E-state index contributed by atoms with van der Waals surface area (Å²) in [7, 11) is -0.297. The molecule has 4 nitrogen and oxygen atoms in total. The molecule has 102 valence electrons. The van der Waals surface area contributed by atoms with Gasteiger partial charge >= 0.3 is 0 Å². The third-order valence-electron chi connectivity index (χ3n) is 2.61. The summed E-state index contributed by atoms with van der Waals surface area (Å²) in [6.07, 6.45) is 1.62. The Morgan fingerprint density at radius 3 is 2.33 bits per heavy atom. The summed E-state index contributed by atoms with van der Waals surface area (Å²) in [4.78, 5) is 0.